The maximum absolute atomic E-state index is 12.4. The Bertz CT molecular complexity index is 423. The van der Waals surface area contributed by atoms with E-state index in [0.717, 1.165) is 25.6 Å². The van der Waals surface area contributed by atoms with Crippen LogP contribution in [0.25, 0.3) is 0 Å². The monoisotopic (exact) mass is 277 g/mol. The van der Waals surface area contributed by atoms with Crippen LogP contribution < -0.4 is 5.32 Å². The minimum Gasteiger partial charge on any atom is -0.341 e. The van der Waals surface area contributed by atoms with Crippen LogP contribution in [0.2, 0.25) is 0 Å². The Morgan fingerprint density at radius 2 is 2.25 bits per heavy atom. The molecule has 1 atom stereocenters. The molecule has 2 fully saturated rings. The van der Waals surface area contributed by atoms with E-state index in [1.165, 1.54) is 25.7 Å². The fourth-order valence-electron chi connectivity index (χ4n) is 2.79. The SMILES string of the molecule is O=C(CCn1ccnn1)N(CC1CC1)CC1CCCN1. The lowest BCUT2D eigenvalue weighted by molar-refractivity contribution is -0.132. The first kappa shape index (κ1) is 13.5. The summed E-state index contributed by atoms with van der Waals surface area (Å²) in [5, 5.41) is 11.2. The number of amides is 1. The summed E-state index contributed by atoms with van der Waals surface area (Å²) in [5.41, 5.74) is 0. The molecule has 6 heteroatoms. The van der Waals surface area contributed by atoms with Crippen LogP contribution in [0.15, 0.2) is 12.4 Å². The number of nitrogens with zero attached hydrogens (tertiary/aromatic N) is 4. The third kappa shape index (κ3) is 3.79. The lowest BCUT2D eigenvalue weighted by atomic mass is 10.2. The molecule has 1 N–H and O–H groups in total. The molecule has 1 aliphatic carbocycles. The molecule has 1 amide bonds. The van der Waals surface area contributed by atoms with Gasteiger partial charge in [0.25, 0.3) is 0 Å². The van der Waals surface area contributed by atoms with Crippen molar-refractivity contribution in [1.82, 2.24) is 25.2 Å². The summed E-state index contributed by atoms with van der Waals surface area (Å²) in [5.74, 6) is 0.993. The molecule has 1 aromatic rings. The van der Waals surface area contributed by atoms with Gasteiger partial charge in [-0.15, -0.1) is 5.10 Å². The van der Waals surface area contributed by atoms with E-state index in [2.05, 4.69) is 20.5 Å². The molecule has 1 saturated heterocycles. The van der Waals surface area contributed by atoms with E-state index in [1.54, 1.807) is 17.1 Å². The highest BCUT2D eigenvalue weighted by molar-refractivity contribution is 5.76. The van der Waals surface area contributed by atoms with Gasteiger partial charge in [-0.05, 0) is 38.1 Å². The predicted molar refractivity (Wildman–Crippen MR) is 75.0 cm³/mol. The zero-order valence-corrected chi connectivity index (χ0v) is 11.9. The highest BCUT2D eigenvalue weighted by Crippen LogP contribution is 2.30. The molecule has 110 valence electrons. The Morgan fingerprint density at radius 1 is 1.35 bits per heavy atom. The van der Waals surface area contributed by atoms with Gasteiger partial charge in [0, 0.05) is 31.7 Å². The van der Waals surface area contributed by atoms with Gasteiger partial charge in [0.2, 0.25) is 5.91 Å². The van der Waals surface area contributed by atoms with E-state index in [-0.39, 0.29) is 5.91 Å². The maximum Gasteiger partial charge on any atom is 0.224 e. The van der Waals surface area contributed by atoms with Crippen molar-refractivity contribution in [2.24, 2.45) is 5.92 Å². The third-order valence-corrected chi connectivity index (χ3v) is 4.16. The van der Waals surface area contributed by atoms with Crippen molar-refractivity contribution in [1.29, 1.82) is 0 Å². The second-order valence-corrected chi connectivity index (χ2v) is 5.95. The Kier molecular flexibility index (Phi) is 4.30. The van der Waals surface area contributed by atoms with Gasteiger partial charge in [0.05, 0.1) is 12.7 Å². The highest BCUT2D eigenvalue weighted by Gasteiger charge is 2.28. The molecule has 1 unspecified atom stereocenters. The number of hydrogen-bond acceptors (Lipinski definition) is 4. The Balaban J connectivity index is 1.51. The van der Waals surface area contributed by atoms with Crippen molar-refractivity contribution in [2.45, 2.75) is 44.7 Å². The summed E-state index contributed by atoms with van der Waals surface area (Å²) in [6.45, 7) is 3.52. The molecular formula is C14H23N5O. The average Bonchev–Trinajstić information content (AvgIpc) is 2.95. The highest BCUT2D eigenvalue weighted by atomic mass is 16.2. The fraction of sp³-hybridized carbons (Fsp3) is 0.786. The summed E-state index contributed by atoms with van der Waals surface area (Å²) in [6.07, 6.45) is 8.96. The summed E-state index contributed by atoms with van der Waals surface area (Å²) < 4.78 is 1.72. The molecule has 2 heterocycles. The van der Waals surface area contributed by atoms with Crippen molar-refractivity contribution < 1.29 is 4.79 Å². The average molecular weight is 277 g/mol. The van der Waals surface area contributed by atoms with Crippen molar-refractivity contribution >= 4 is 5.91 Å². The van der Waals surface area contributed by atoms with E-state index in [9.17, 15) is 4.79 Å². The van der Waals surface area contributed by atoms with Crippen LogP contribution in [0, 0.1) is 5.92 Å². The quantitative estimate of drug-likeness (QED) is 0.795. The smallest absolute Gasteiger partial charge is 0.224 e. The van der Waals surface area contributed by atoms with Crippen molar-refractivity contribution in [2.75, 3.05) is 19.6 Å². The van der Waals surface area contributed by atoms with E-state index in [1.807, 2.05) is 0 Å². The second-order valence-electron chi connectivity index (χ2n) is 5.95. The first-order chi connectivity index (χ1) is 9.81. The molecule has 0 radical (unpaired) electrons. The first-order valence-electron chi connectivity index (χ1n) is 7.66. The number of rotatable bonds is 7. The van der Waals surface area contributed by atoms with Crippen LogP contribution in [0.5, 0.6) is 0 Å². The first-order valence-corrected chi connectivity index (χ1v) is 7.66. The van der Waals surface area contributed by atoms with Gasteiger partial charge in [0.15, 0.2) is 0 Å². The van der Waals surface area contributed by atoms with Crippen LogP contribution in [-0.4, -0.2) is 51.5 Å². The molecule has 0 spiro atoms. The Hall–Kier alpha value is -1.43. The van der Waals surface area contributed by atoms with Gasteiger partial charge >= 0.3 is 0 Å². The number of nitrogens with one attached hydrogen (secondary N) is 1. The zero-order chi connectivity index (χ0) is 13.8. The standard InChI is InChI=1S/C14H23N5O/c20-14(5-8-19-9-7-16-17-19)18(10-12-3-4-12)11-13-2-1-6-15-13/h7,9,12-13,15H,1-6,8,10-11H2. The molecule has 1 aliphatic heterocycles. The van der Waals surface area contributed by atoms with Crippen molar-refractivity contribution in [3.63, 3.8) is 0 Å². The van der Waals surface area contributed by atoms with E-state index in [0.29, 0.717) is 19.0 Å². The number of aromatic nitrogens is 3. The molecule has 1 aromatic heterocycles. The van der Waals surface area contributed by atoms with Crippen molar-refractivity contribution in [3.8, 4) is 0 Å². The minimum atomic E-state index is 0.251. The van der Waals surface area contributed by atoms with Crippen LogP contribution in [0.3, 0.4) is 0 Å². The molecule has 1 saturated carbocycles. The van der Waals surface area contributed by atoms with Crippen LogP contribution in [0.4, 0.5) is 0 Å². The maximum atomic E-state index is 12.4. The number of carbonyl (C=O) groups is 1. The lowest BCUT2D eigenvalue weighted by Gasteiger charge is -2.26. The van der Waals surface area contributed by atoms with Crippen LogP contribution in [-0.2, 0) is 11.3 Å². The summed E-state index contributed by atoms with van der Waals surface area (Å²) in [7, 11) is 0. The summed E-state index contributed by atoms with van der Waals surface area (Å²) in [4.78, 5) is 14.5. The normalized spacial score (nSPS) is 22.1. The number of hydrogen-bond donors (Lipinski definition) is 1. The van der Waals surface area contributed by atoms with E-state index >= 15 is 0 Å². The van der Waals surface area contributed by atoms with E-state index in [4.69, 9.17) is 0 Å². The molecule has 2 aliphatic rings. The summed E-state index contributed by atoms with van der Waals surface area (Å²) in [6, 6.07) is 0.490. The molecule has 6 nitrogen and oxygen atoms in total. The molecule has 20 heavy (non-hydrogen) atoms. The number of aryl methyl sites for hydroxylation is 1. The molecular weight excluding hydrogens is 254 g/mol. The van der Waals surface area contributed by atoms with Gasteiger partial charge in [-0.1, -0.05) is 5.21 Å². The van der Waals surface area contributed by atoms with E-state index < -0.39 is 0 Å². The van der Waals surface area contributed by atoms with Gasteiger partial charge in [-0.2, -0.15) is 0 Å². The molecule has 0 aromatic carbocycles. The fourth-order valence-corrected chi connectivity index (χ4v) is 2.79. The van der Waals surface area contributed by atoms with Gasteiger partial charge < -0.3 is 10.2 Å². The zero-order valence-electron chi connectivity index (χ0n) is 11.9. The predicted octanol–water partition coefficient (Wildman–Crippen LogP) is 0.659. The lowest BCUT2D eigenvalue weighted by Crippen LogP contribution is -2.42. The van der Waals surface area contributed by atoms with Gasteiger partial charge in [-0.3, -0.25) is 9.48 Å². The van der Waals surface area contributed by atoms with Crippen LogP contribution in [0.1, 0.15) is 32.1 Å². The second kappa shape index (κ2) is 6.35. The van der Waals surface area contributed by atoms with Crippen molar-refractivity contribution in [3.05, 3.63) is 12.4 Å². The molecule has 0 bridgehead atoms. The summed E-state index contributed by atoms with van der Waals surface area (Å²) >= 11 is 0. The third-order valence-electron chi connectivity index (χ3n) is 4.16. The van der Waals surface area contributed by atoms with Gasteiger partial charge in [0.1, 0.15) is 0 Å². The minimum absolute atomic E-state index is 0.251. The molecule has 3 rings (SSSR count). The van der Waals surface area contributed by atoms with Gasteiger partial charge in [-0.25, -0.2) is 0 Å². The Labute approximate surface area is 119 Å². The Morgan fingerprint density at radius 3 is 2.90 bits per heavy atom. The topological polar surface area (TPSA) is 63.1 Å². The number of carbonyl (C=O) groups excluding carboxylic acids is 1. The largest absolute Gasteiger partial charge is 0.341 e. The van der Waals surface area contributed by atoms with Crippen LogP contribution >= 0.6 is 0 Å².